The van der Waals surface area contributed by atoms with E-state index in [2.05, 4.69) is 44.6 Å². The van der Waals surface area contributed by atoms with Gasteiger partial charge in [-0.2, -0.15) is 4.98 Å². The third kappa shape index (κ3) is 5.78. The smallest absolute Gasteiger partial charge is 0.356 e. The Morgan fingerprint density at radius 2 is 1.92 bits per heavy atom. The van der Waals surface area contributed by atoms with Gasteiger partial charge < -0.3 is 20.3 Å². The second-order valence-electron chi connectivity index (χ2n) is 9.42. The fraction of sp³-hybridized carbons (Fsp3) is 0.423. The summed E-state index contributed by atoms with van der Waals surface area (Å²) in [5, 5.41) is 22.5. The molecule has 0 bridgehead atoms. The van der Waals surface area contributed by atoms with Gasteiger partial charge in [0, 0.05) is 35.7 Å². The number of rotatable bonds is 12. The Bertz CT molecular complexity index is 1430. The van der Waals surface area contributed by atoms with E-state index in [4.69, 9.17) is 27.7 Å². The number of fused-ring (bicyclic) bond motifs is 1. The predicted octanol–water partition coefficient (Wildman–Crippen LogP) is 6.77. The standard InChI is InChI=1S/C26H28Cl2N6O3S/c1-3-14(10-15(4-2)31-26-33-23-24(38-26)32-19(12-30-23)25(35)36)29-11-16-21(34-37-22(16)13-8-9-13)20-17(27)6-5-7-18(20)28/h5-7,12-15,29H,3-4,8-11H2,1-2H3,(H,35,36)(H,30,31,33). The van der Waals surface area contributed by atoms with Crippen molar-refractivity contribution in [3.8, 4) is 11.3 Å². The Balaban J connectivity index is 1.30. The van der Waals surface area contributed by atoms with E-state index in [0.717, 1.165) is 43.4 Å². The average Bonchev–Trinajstić information content (AvgIpc) is 3.53. The molecule has 0 aliphatic heterocycles. The molecule has 4 aromatic rings. The minimum atomic E-state index is -1.11. The van der Waals surface area contributed by atoms with Crippen molar-refractivity contribution in [1.82, 2.24) is 25.4 Å². The second-order valence-corrected chi connectivity index (χ2v) is 11.2. The van der Waals surface area contributed by atoms with Gasteiger partial charge in [0.15, 0.2) is 21.3 Å². The van der Waals surface area contributed by atoms with Crippen molar-refractivity contribution in [3.63, 3.8) is 0 Å². The van der Waals surface area contributed by atoms with Crippen LogP contribution in [0, 0.1) is 0 Å². The highest BCUT2D eigenvalue weighted by atomic mass is 35.5. The Morgan fingerprint density at radius 1 is 1.18 bits per heavy atom. The number of nitrogens with zero attached hydrogens (tertiary/aromatic N) is 4. The molecule has 1 aliphatic rings. The Labute approximate surface area is 234 Å². The number of carboxylic acid groups (broad SMARTS) is 1. The number of carboxylic acids is 1. The summed E-state index contributed by atoms with van der Waals surface area (Å²) in [4.78, 5) is 24.5. The van der Waals surface area contributed by atoms with Crippen LogP contribution in [0.2, 0.25) is 10.0 Å². The lowest BCUT2D eigenvalue weighted by Gasteiger charge is -2.24. The Hall–Kier alpha value is -2.79. The lowest BCUT2D eigenvalue weighted by atomic mass is 10.0. The van der Waals surface area contributed by atoms with Gasteiger partial charge in [-0.3, -0.25) is 0 Å². The zero-order valence-electron chi connectivity index (χ0n) is 21.0. The maximum absolute atomic E-state index is 11.2. The fourth-order valence-corrected chi connectivity index (χ4v) is 5.90. The summed E-state index contributed by atoms with van der Waals surface area (Å²) in [7, 11) is 0. The van der Waals surface area contributed by atoms with E-state index in [-0.39, 0.29) is 17.8 Å². The summed E-state index contributed by atoms with van der Waals surface area (Å²) in [5.41, 5.74) is 2.76. The molecule has 0 saturated heterocycles. The van der Waals surface area contributed by atoms with Crippen LogP contribution in [0.1, 0.15) is 73.7 Å². The first-order valence-corrected chi connectivity index (χ1v) is 14.2. The Morgan fingerprint density at radius 3 is 2.58 bits per heavy atom. The van der Waals surface area contributed by atoms with E-state index in [9.17, 15) is 9.90 Å². The van der Waals surface area contributed by atoms with E-state index < -0.39 is 5.97 Å². The summed E-state index contributed by atoms with van der Waals surface area (Å²) in [6.07, 6.45) is 6.09. The maximum atomic E-state index is 11.2. The molecule has 3 N–H and O–H groups in total. The molecule has 200 valence electrons. The van der Waals surface area contributed by atoms with E-state index in [1.807, 2.05) is 18.2 Å². The molecule has 2 unspecified atom stereocenters. The van der Waals surface area contributed by atoms with Gasteiger partial charge in [-0.1, -0.05) is 59.6 Å². The topological polar surface area (TPSA) is 126 Å². The first-order valence-electron chi connectivity index (χ1n) is 12.7. The zero-order chi connectivity index (χ0) is 26.8. The van der Waals surface area contributed by atoms with Crippen LogP contribution >= 0.6 is 34.5 Å². The lowest BCUT2D eigenvalue weighted by Crippen LogP contribution is -2.34. The van der Waals surface area contributed by atoms with Crippen LogP contribution < -0.4 is 10.6 Å². The first-order chi connectivity index (χ1) is 18.4. The monoisotopic (exact) mass is 574 g/mol. The summed E-state index contributed by atoms with van der Waals surface area (Å²) in [6.45, 7) is 4.87. The molecule has 9 nitrogen and oxygen atoms in total. The average molecular weight is 576 g/mol. The number of anilines is 1. The van der Waals surface area contributed by atoms with Gasteiger partial charge in [0.05, 0.1) is 16.2 Å². The van der Waals surface area contributed by atoms with Crippen LogP contribution in [0.15, 0.2) is 28.9 Å². The summed E-state index contributed by atoms with van der Waals surface area (Å²) >= 11 is 14.3. The maximum Gasteiger partial charge on any atom is 0.356 e. The van der Waals surface area contributed by atoms with Crippen molar-refractivity contribution in [2.75, 3.05) is 5.32 Å². The number of carbonyl (C=O) groups is 1. The van der Waals surface area contributed by atoms with Gasteiger partial charge >= 0.3 is 5.97 Å². The van der Waals surface area contributed by atoms with Gasteiger partial charge in [0.1, 0.15) is 11.5 Å². The van der Waals surface area contributed by atoms with Crippen molar-refractivity contribution in [2.45, 2.75) is 70.5 Å². The zero-order valence-corrected chi connectivity index (χ0v) is 23.3. The third-order valence-electron chi connectivity index (χ3n) is 6.76. The number of aromatic nitrogens is 4. The predicted molar refractivity (Wildman–Crippen MR) is 149 cm³/mol. The largest absolute Gasteiger partial charge is 0.476 e. The highest BCUT2D eigenvalue weighted by molar-refractivity contribution is 7.21. The van der Waals surface area contributed by atoms with Crippen molar-refractivity contribution >= 4 is 56.1 Å². The molecule has 0 amide bonds. The van der Waals surface area contributed by atoms with E-state index in [1.165, 1.54) is 17.5 Å². The van der Waals surface area contributed by atoms with Crippen LogP contribution in [-0.4, -0.2) is 43.3 Å². The molecular formula is C26H28Cl2N6O3S. The highest BCUT2D eigenvalue weighted by Gasteiger charge is 2.33. The molecule has 1 aromatic carbocycles. The van der Waals surface area contributed by atoms with Crippen LogP contribution in [0.4, 0.5) is 5.13 Å². The summed E-state index contributed by atoms with van der Waals surface area (Å²) < 4.78 is 5.81. The number of nitrogens with one attached hydrogen (secondary N) is 2. The van der Waals surface area contributed by atoms with Crippen LogP contribution in [0.25, 0.3) is 21.7 Å². The van der Waals surface area contributed by atoms with Gasteiger partial charge in [-0.15, -0.1) is 0 Å². The molecule has 5 rings (SSSR count). The van der Waals surface area contributed by atoms with Crippen molar-refractivity contribution in [3.05, 3.63) is 51.5 Å². The van der Waals surface area contributed by atoms with E-state index in [0.29, 0.717) is 49.4 Å². The molecule has 12 heteroatoms. The first kappa shape index (κ1) is 26.8. The molecule has 1 aliphatic carbocycles. The number of aromatic carboxylic acids is 1. The fourth-order valence-electron chi connectivity index (χ4n) is 4.45. The summed E-state index contributed by atoms with van der Waals surface area (Å²) in [6, 6.07) is 5.81. The number of hydrogen-bond acceptors (Lipinski definition) is 9. The van der Waals surface area contributed by atoms with Crippen LogP contribution in [0.3, 0.4) is 0 Å². The molecule has 3 heterocycles. The molecule has 0 spiro atoms. The van der Waals surface area contributed by atoms with Gasteiger partial charge in [-0.25, -0.2) is 14.8 Å². The number of halogens is 2. The van der Waals surface area contributed by atoms with Crippen molar-refractivity contribution < 1.29 is 14.4 Å². The number of benzene rings is 1. The van der Waals surface area contributed by atoms with E-state index in [1.54, 1.807) is 0 Å². The van der Waals surface area contributed by atoms with Crippen LogP contribution in [0.5, 0.6) is 0 Å². The van der Waals surface area contributed by atoms with Crippen LogP contribution in [-0.2, 0) is 6.54 Å². The molecule has 1 saturated carbocycles. The summed E-state index contributed by atoms with van der Waals surface area (Å²) in [5.74, 6) is 0.198. The lowest BCUT2D eigenvalue weighted by molar-refractivity contribution is 0.0690. The SMILES string of the molecule is CCC(CC(CC)Nc1nc2ncc(C(=O)O)nc2s1)NCc1c(-c2c(Cl)cccc2Cl)noc1C1CC1. The van der Waals surface area contributed by atoms with E-state index >= 15 is 0 Å². The highest BCUT2D eigenvalue weighted by Crippen LogP contribution is 2.45. The van der Waals surface area contributed by atoms with Gasteiger partial charge in [0.25, 0.3) is 0 Å². The molecule has 38 heavy (non-hydrogen) atoms. The minimum Gasteiger partial charge on any atom is -0.476 e. The van der Waals surface area contributed by atoms with Gasteiger partial charge in [-0.05, 0) is 44.2 Å². The molecular weight excluding hydrogens is 547 g/mol. The molecule has 1 fully saturated rings. The normalized spacial score (nSPS) is 15.1. The van der Waals surface area contributed by atoms with Crippen molar-refractivity contribution in [2.24, 2.45) is 0 Å². The number of thiazole rings is 1. The quantitative estimate of drug-likeness (QED) is 0.168. The second kappa shape index (κ2) is 11.5. The molecule has 2 atom stereocenters. The third-order valence-corrected chi connectivity index (χ3v) is 8.26. The number of hydrogen-bond donors (Lipinski definition) is 3. The van der Waals surface area contributed by atoms with Gasteiger partial charge in [0.2, 0.25) is 0 Å². The van der Waals surface area contributed by atoms with Crippen molar-refractivity contribution in [1.29, 1.82) is 0 Å². The molecule has 3 aromatic heterocycles. The minimum absolute atomic E-state index is 0.0910. The Kier molecular flexibility index (Phi) is 8.13. The molecule has 0 radical (unpaired) electrons.